The van der Waals surface area contributed by atoms with Gasteiger partial charge in [0.15, 0.2) is 0 Å². The van der Waals surface area contributed by atoms with E-state index in [-0.39, 0.29) is 18.0 Å². The monoisotopic (exact) mass is 344 g/mol. The first-order valence-corrected chi connectivity index (χ1v) is 8.88. The Morgan fingerprint density at radius 2 is 2.08 bits per heavy atom. The van der Waals surface area contributed by atoms with Crippen molar-refractivity contribution in [3.8, 4) is 0 Å². The summed E-state index contributed by atoms with van der Waals surface area (Å²) in [5.74, 6) is -0.315. The largest absolute Gasteiger partial charge is 0.388 e. The molecule has 0 aromatic heterocycles. The molecule has 1 amide bonds. The fraction of sp³-hybridized carbons (Fsp3) is 0.526. The third-order valence-electron chi connectivity index (χ3n) is 4.90. The summed E-state index contributed by atoms with van der Waals surface area (Å²) in [6, 6.07) is 6.10. The highest BCUT2D eigenvalue weighted by Crippen LogP contribution is 2.30. The molecule has 4 N–H and O–H groups in total. The first-order valence-electron chi connectivity index (χ1n) is 8.88. The van der Waals surface area contributed by atoms with Crippen LogP contribution >= 0.6 is 0 Å². The molecular formula is C19H28N4O2. The molecule has 0 saturated carbocycles. The molecule has 0 radical (unpaired) electrons. The molecule has 25 heavy (non-hydrogen) atoms. The van der Waals surface area contributed by atoms with Crippen LogP contribution in [0.3, 0.4) is 0 Å². The minimum absolute atomic E-state index is 0.226. The zero-order chi connectivity index (χ0) is 18.2. The molecule has 1 atom stereocenters. The van der Waals surface area contributed by atoms with Crippen LogP contribution in [-0.2, 0) is 9.59 Å². The van der Waals surface area contributed by atoms with Crippen LogP contribution in [0.5, 0.6) is 0 Å². The third kappa shape index (κ3) is 4.66. The lowest BCUT2D eigenvalue weighted by Crippen LogP contribution is -2.33. The van der Waals surface area contributed by atoms with Gasteiger partial charge in [-0.2, -0.15) is 0 Å². The molecule has 136 valence electrons. The van der Waals surface area contributed by atoms with Gasteiger partial charge in [0.25, 0.3) is 0 Å². The van der Waals surface area contributed by atoms with Gasteiger partial charge in [0.05, 0.1) is 11.6 Å². The summed E-state index contributed by atoms with van der Waals surface area (Å²) in [4.78, 5) is 22.9. The Labute approximate surface area is 149 Å². The van der Waals surface area contributed by atoms with Gasteiger partial charge < -0.3 is 26.2 Å². The van der Waals surface area contributed by atoms with Crippen LogP contribution in [-0.4, -0.2) is 45.1 Å². The minimum Gasteiger partial charge on any atom is -0.388 e. The number of aldehydes is 1. The molecule has 1 unspecified atom stereocenters. The second-order valence-electron chi connectivity index (χ2n) is 6.40. The Morgan fingerprint density at radius 1 is 1.36 bits per heavy atom. The highest BCUT2D eigenvalue weighted by Gasteiger charge is 2.25. The molecule has 0 bridgehead atoms. The van der Waals surface area contributed by atoms with Crippen molar-refractivity contribution in [1.82, 2.24) is 10.6 Å². The van der Waals surface area contributed by atoms with Crippen molar-refractivity contribution >= 4 is 23.6 Å². The van der Waals surface area contributed by atoms with Gasteiger partial charge in [-0.05, 0) is 49.9 Å². The fourth-order valence-corrected chi connectivity index (χ4v) is 3.42. The number of carbonyl (C=O) groups excluding carboxylic acids is 2. The van der Waals surface area contributed by atoms with E-state index in [0.29, 0.717) is 12.3 Å². The van der Waals surface area contributed by atoms with Gasteiger partial charge in [-0.3, -0.25) is 4.79 Å². The summed E-state index contributed by atoms with van der Waals surface area (Å²) < 4.78 is 0. The predicted molar refractivity (Wildman–Crippen MR) is 101 cm³/mol. The first kappa shape index (κ1) is 19.1. The molecule has 1 aliphatic rings. The van der Waals surface area contributed by atoms with E-state index in [0.717, 1.165) is 43.5 Å². The lowest BCUT2D eigenvalue weighted by Gasteiger charge is -2.25. The third-order valence-corrected chi connectivity index (χ3v) is 4.90. The van der Waals surface area contributed by atoms with Crippen molar-refractivity contribution in [2.45, 2.75) is 31.6 Å². The number of carbonyl (C=O) groups is 2. The second kappa shape index (κ2) is 9.32. The summed E-state index contributed by atoms with van der Waals surface area (Å²) in [6.07, 6.45) is 3.63. The highest BCUT2D eigenvalue weighted by atomic mass is 16.1. The molecule has 1 aliphatic heterocycles. The van der Waals surface area contributed by atoms with Crippen LogP contribution in [0.4, 0.5) is 5.69 Å². The quantitative estimate of drug-likeness (QED) is 0.428. The number of anilines is 1. The molecule has 2 rings (SSSR count). The fourth-order valence-electron chi connectivity index (χ4n) is 3.42. The maximum Gasteiger partial charge on any atom is 0.228 e. The molecule has 1 fully saturated rings. The lowest BCUT2D eigenvalue weighted by molar-refractivity contribution is -0.122. The Kier molecular flexibility index (Phi) is 7.13. The van der Waals surface area contributed by atoms with Crippen molar-refractivity contribution in [2.24, 2.45) is 5.92 Å². The molecule has 0 spiro atoms. The summed E-state index contributed by atoms with van der Waals surface area (Å²) >= 11 is 0. The maximum atomic E-state index is 12.2. The molecule has 1 saturated heterocycles. The van der Waals surface area contributed by atoms with Crippen molar-refractivity contribution in [1.29, 1.82) is 5.41 Å². The first-order chi connectivity index (χ1) is 12.1. The zero-order valence-corrected chi connectivity index (χ0v) is 15.0. The van der Waals surface area contributed by atoms with E-state index >= 15 is 0 Å². The minimum atomic E-state index is -0.618. The number of nitrogens with one attached hydrogen (secondary N) is 4. The Morgan fingerprint density at radius 3 is 2.68 bits per heavy atom. The van der Waals surface area contributed by atoms with Crippen LogP contribution < -0.4 is 16.0 Å². The highest BCUT2D eigenvalue weighted by molar-refractivity contribution is 6.14. The van der Waals surface area contributed by atoms with Crippen molar-refractivity contribution in [2.75, 3.05) is 32.5 Å². The Balaban J connectivity index is 2.27. The summed E-state index contributed by atoms with van der Waals surface area (Å²) in [6.45, 7) is 2.06. The van der Waals surface area contributed by atoms with E-state index in [9.17, 15) is 9.59 Å². The van der Waals surface area contributed by atoms with Gasteiger partial charge >= 0.3 is 0 Å². The SMILES string of the molecule is CNC(=O)C(CCC=O)C(=N)c1ccc(C2CCNCC2)cc1NC. The van der Waals surface area contributed by atoms with Crippen LogP contribution in [0.1, 0.15) is 42.7 Å². The van der Waals surface area contributed by atoms with E-state index in [1.54, 1.807) is 7.05 Å². The number of piperidine rings is 1. The summed E-state index contributed by atoms with van der Waals surface area (Å²) in [5, 5.41) is 17.7. The molecule has 6 heteroatoms. The molecular weight excluding hydrogens is 316 g/mol. The van der Waals surface area contributed by atoms with Crippen LogP contribution in [0.2, 0.25) is 0 Å². The molecule has 1 aromatic rings. The average molecular weight is 344 g/mol. The van der Waals surface area contributed by atoms with Crippen molar-refractivity contribution in [3.63, 3.8) is 0 Å². The topological polar surface area (TPSA) is 94.1 Å². The summed E-state index contributed by atoms with van der Waals surface area (Å²) in [5.41, 5.74) is 3.11. The van der Waals surface area contributed by atoms with E-state index in [4.69, 9.17) is 5.41 Å². The average Bonchev–Trinajstić information content (AvgIpc) is 2.67. The maximum absolute atomic E-state index is 12.2. The van der Waals surface area contributed by atoms with Gasteiger partial charge in [-0.15, -0.1) is 0 Å². The number of benzene rings is 1. The van der Waals surface area contributed by atoms with Gasteiger partial charge in [0.2, 0.25) is 5.91 Å². The summed E-state index contributed by atoms with van der Waals surface area (Å²) in [7, 11) is 3.39. The second-order valence-corrected chi connectivity index (χ2v) is 6.40. The van der Waals surface area contributed by atoms with Gasteiger partial charge in [-0.1, -0.05) is 12.1 Å². The smallest absolute Gasteiger partial charge is 0.228 e. The Hall–Kier alpha value is -2.21. The molecule has 0 aliphatic carbocycles. The zero-order valence-electron chi connectivity index (χ0n) is 15.0. The number of rotatable bonds is 8. The van der Waals surface area contributed by atoms with E-state index < -0.39 is 5.92 Å². The van der Waals surface area contributed by atoms with Crippen LogP contribution in [0, 0.1) is 11.3 Å². The molecule has 1 heterocycles. The van der Waals surface area contributed by atoms with E-state index in [2.05, 4.69) is 28.1 Å². The van der Waals surface area contributed by atoms with Crippen molar-refractivity contribution in [3.05, 3.63) is 29.3 Å². The number of hydrogen-bond acceptors (Lipinski definition) is 5. The van der Waals surface area contributed by atoms with Gasteiger partial charge in [0.1, 0.15) is 6.29 Å². The van der Waals surface area contributed by atoms with Crippen molar-refractivity contribution < 1.29 is 9.59 Å². The lowest BCUT2D eigenvalue weighted by atomic mass is 9.86. The van der Waals surface area contributed by atoms with Gasteiger partial charge in [-0.25, -0.2) is 0 Å². The predicted octanol–water partition coefficient (Wildman–Crippen LogP) is 1.90. The normalized spacial score (nSPS) is 16.1. The van der Waals surface area contributed by atoms with Crippen LogP contribution in [0.25, 0.3) is 0 Å². The molecule has 6 nitrogen and oxygen atoms in total. The van der Waals surface area contributed by atoms with Crippen LogP contribution in [0.15, 0.2) is 18.2 Å². The standard InChI is InChI=1S/C19H28N4O2/c1-21-17-12-14(13-7-9-23-10-8-13)5-6-15(17)18(20)16(4-3-11-24)19(25)22-2/h5-6,11-13,16,20-21,23H,3-4,7-10H2,1-2H3,(H,22,25). The molecule has 1 aromatic carbocycles. The van der Waals surface area contributed by atoms with E-state index in [1.165, 1.54) is 5.56 Å². The van der Waals surface area contributed by atoms with E-state index in [1.807, 2.05) is 13.1 Å². The van der Waals surface area contributed by atoms with Gasteiger partial charge in [0, 0.05) is 31.8 Å². The Bertz CT molecular complexity index is 624. The number of hydrogen-bond donors (Lipinski definition) is 4. The number of amides is 1.